The Bertz CT molecular complexity index is 1050. The average molecular weight is 422 g/mol. The van der Waals surface area contributed by atoms with Gasteiger partial charge in [-0.05, 0) is 37.1 Å². The van der Waals surface area contributed by atoms with E-state index in [9.17, 15) is 9.59 Å². The van der Waals surface area contributed by atoms with Crippen LogP contribution in [0.25, 0.3) is 10.2 Å². The summed E-state index contributed by atoms with van der Waals surface area (Å²) in [6.45, 7) is 1.90. The first-order valence-electron chi connectivity index (χ1n) is 10.3. The van der Waals surface area contributed by atoms with Gasteiger partial charge in [0.2, 0.25) is 5.91 Å². The lowest BCUT2D eigenvalue weighted by Gasteiger charge is -2.33. The number of hydrogen-bond donors (Lipinski definition) is 0. The van der Waals surface area contributed by atoms with E-state index in [0.717, 1.165) is 37.1 Å². The molecular formula is C23H23N3O3S. The number of nitrogens with zero attached hydrogens (tertiary/aromatic N) is 3. The fraction of sp³-hybridized carbons (Fsp3) is 0.348. The van der Waals surface area contributed by atoms with E-state index in [1.54, 1.807) is 16.2 Å². The SMILES string of the molecule is O=C(CCN1C(=O)COc2ccccc21)N1CCC(c2nc3ccccc3s2)CC1. The molecule has 1 fully saturated rings. The molecule has 1 aromatic heterocycles. The Labute approximate surface area is 179 Å². The Morgan fingerprint density at radius 3 is 2.70 bits per heavy atom. The molecule has 0 atom stereocenters. The van der Waals surface area contributed by atoms with Crippen LogP contribution in [0.2, 0.25) is 0 Å². The molecule has 2 aliphatic heterocycles. The molecule has 1 saturated heterocycles. The Balaban J connectivity index is 1.18. The first-order chi connectivity index (χ1) is 14.7. The molecule has 2 aromatic carbocycles. The fourth-order valence-corrected chi connectivity index (χ4v) is 5.34. The molecule has 3 heterocycles. The van der Waals surface area contributed by atoms with Gasteiger partial charge in [0, 0.05) is 32.0 Å². The average Bonchev–Trinajstić information content (AvgIpc) is 3.23. The molecule has 0 aliphatic carbocycles. The first-order valence-corrected chi connectivity index (χ1v) is 11.2. The molecule has 0 N–H and O–H groups in total. The lowest BCUT2D eigenvalue weighted by Crippen LogP contribution is -2.43. The number of anilines is 1. The molecule has 0 unspecified atom stereocenters. The molecule has 0 bridgehead atoms. The van der Waals surface area contributed by atoms with Crippen LogP contribution in [0, 0.1) is 0 Å². The van der Waals surface area contributed by atoms with Crippen molar-refractivity contribution in [3.05, 3.63) is 53.5 Å². The summed E-state index contributed by atoms with van der Waals surface area (Å²) in [5.74, 6) is 1.12. The van der Waals surface area contributed by atoms with Gasteiger partial charge in [-0.3, -0.25) is 9.59 Å². The maximum Gasteiger partial charge on any atom is 0.265 e. The zero-order valence-electron chi connectivity index (χ0n) is 16.6. The number of amides is 2. The molecule has 2 aliphatic rings. The highest BCUT2D eigenvalue weighted by atomic mass is 32.1. The number of carbonyl (C=O) groups excluding carboxylic acids is 2. The summed E-state index contributed by atoms with van der Waals surface area (Å²) >= 11 is 1.77. The first kappa shape index (κ1) is 19.1. The summed E-state index contributed by atoms with van der Waals surface area (Å²) in [7, 11) is 0. The number of carbonyl (C=O) groups is 2. The molecule has 30 heavy (non-hydrogen) atoms. The molecule has 7 heteroatoms. The molecular weight excluding hydrogens is 398 g/mol. The van der Waals surface area contributed by atoms with Gasteiger partial charge in [-0.25, -0.2) is 4.98 Å². The number of benzene rings is 2. The van der Waals surface area contributed by atoms with Gasteiger partial charge in [-0.15, -0.1) is 11.3 Å². The third-order valence-corrected chi connectivity index (χ3v) is 7.06. The molecule has 6 nitrogen and oxygen atoms in total. The van der Waals surface area contributed by atoms with Crippen LogP contribution in [0.1, 0.15) is 30.2 Å². The van der Waals surface area contributed by atoms with Gasteiger partial charge in [-0.1, -0.05) is 24.3 Å². The quantitative estimate of drug-likeness (QED) is 0.643. The van der Waals surface area contributed by atoms with Gasteiger partial charge in [0.15, 0.2) is 6.61 Å². The second-order valence-electron chi connectivity index (χ2n) is 7.73. The summed E-state index contributed by atoms with van der Waals surface area (Å²) < 4.78 is 6.70. The minimum absolute atomic E-state index is 0.0266. The second kappa shape index (κ2) is 8.07. The number of ether oxygens (including phenoxy) is 1. The lowest BCUT2D eigenvalue weighted by atomic mass is 9.97. The van der Waals surface area contributed by atoms with Crippen molar-refractivity contribution < 1.29 is 14.3 Å². The van der Waals surface area contributed by atoms with Crippen molar-refractivity contribution in [2.45, 2.75) is 25.2 Å². The van der Waals surface area contributed by atoms with Crippen molar-refractivity contribution in [3.8, 4) is 5.75 Å². The summed E-state index contributed by atoms with van der Waals surface area (Å²) in [5, 5.41) is 1.18. The van der Waals surface area contributed by atoms with E-state index >= 15 is 0 Å². The van der Waals surface area contributed by atoms with Gasteiger partial charge >= 0.3 is 0 Å². The Morgan fingerprint density at radius 1 is 1.10 bits per heavy atom. The third-order valence-electron chi connectivity index (χ3n) is 5.86. The zero-order valence-corrected chi connectivity index (χ0v) is 17.4. The van der Waals surface area contributed by atoms with E-state index in [4.69, 9.17) is 9.72 Å². The van der Waals surface area contributed by atoms with Gasteiger partial charge < -0.3 is 14.5 Å². The number of rotatable bonds is 4. The Morgan fingerprint density at radius 2 is 1.87 bits per heavy atom. The summed E-state index contributed by atoms with van der Waals surface area (Å²) in [6.07, 6.45) is 2.20. The number of likely N-dealkylation sites (tertiary alicyclic amines) is 1. The van der Waals surface area contributed by atoms with Crippen LogP contribution in [-0.2, 0) is 9.59 Å². The van der Waals surface area contributed by atoms with Crippen LogP contribution in [0.3, 0.4) is 0 Å². The van der Waals surface area contributed by atoms with Gasteiger partial charge in [0.1, 0.15) is 5.75 Å². The standard InChI is InChI=1S/C23H23N3O3S/c27-21(11-14-26-18-6-2-3-7-19(18)29-15-22(26)28)25-12-9-16(10-13-25)23-24-17-5-1-4-8-20(17)30-23/h1-8,16H,9-15H2. The monoisotopic (exact) mass is 421 g/mol. The van der Waals surface area contributed by atoms with E-state index in [1.165, 1.54) is 9.71 Å². The van der Waals surface area contributed by atoms with E-state index < -0.39 is 0 Å². The second-order valence-corrected chi connectivity index (χ2v) is 8.79. The van der Waals surface area contributed by atoms with E-state index in [2.05, 4.69) is 12.1 Å². The minimum Gasteiger partial charge on any atom is -0.482 e. The van der Waals surface area contributed by atoms with Crippen LogP contribution < -0.4 is 9.64 Å². The molecule has 2 amide bonds. The largest absolute Gasteiger partial charge is 0.482 e. The predicted molar refractivity (Wildman–Crippen MR) is 117 cm³/mol. The topological polar surface area (TPSA) is 62.7 Å². The van der Waals surface area contributed by atoms with Crippen LogP contribution in [0.5, 0.6) is 5.75 Å². The van der Waals surface area contributed by atoms with E-state index in [0.29, 0.717) is 24.6 Å². The lowest BCUT2D eigenvalue weighted by molar-refractivity contribution is -0.132. The Hall–Kier alpha value is -2.93. The number of thiazole rings is 1. The zero-order chi connectivity index (χ0) is 20.5. The third kappa shape index (κ3) is 3.65. The van der Waals surface area contributed by atoms with Crippen LogP contribution in [-0.4, -0.2) is 47.9 Å². The van der Waals surface area contributed by atoms with E-state index in [1.807, 2.05) is 41.3 Å². The molecule has 0 saturated carbocycles. The number of piperidine rings is 1. The number of para-hydroxylation sites is 3. The van der Waals surface area contributed by atoms with Crippen molar-refractivity contribution in [1.82, 2.24) is 9.88 Å². The maximum atomic E-state index is 12.8. The van der Waals surface area contributed by atoms with Crippen LogP contribution in [0.15, 0.2) is 48.5 Å². The summed E-state index contributed by atoms with van der Waals surface area (Å²) in [6, 6.07) is 15.7. The molecule has 5 rings (SSSR count). The Kier molecular flexibility index (Phi) is 5.12. The molecule has 154 valence electrons. The maximum absolute atomic E-state index is 12.8. The normalized spacial score (nSPS) is 17.1. The molecule has 0 spiro atoms. The highest BCUT2D eigenvalue weighted by molar-refractivity contribution is 7.18. The van der Waals surface area contributed by atoms with Gasteiger partial charge in [-0.2, -0.15) is 0 Å². The van der Waals surface area contributed by atoms with Crippen molar-refractivity contribution in [2.24, 2.45) is 0 Å². The van der Waals surface area contributed by atoms with Crippen LogP contribution >= 0.6 is 11.3 Å². The van der Waals surface area contributed by atoms with Crippen LogP contribution in [0.4, 0.5) is 5.69 Å². The highest BCUT2D eigenvalue weighted by Crippen LogP contribution is 2.34. The predicted octanol–water partition coefficient (Wildman–Crippen LogP) is 3.82. The minimum atomic E-state index is -0.101. The van der Waals surface area contributed by atoms with Crippen molar-refractivity contribution in [3.63, 3.8) is 0 Å². The van der Waals surface area contributed by atoms with Gasteiger partial charge in [0.25, 0.3) is 5.91 Å². The molecule has 0 radical (unpaired) electrons. The highest BCUT2D eigenvalue weighted by Gasteiger charge is 2.28. The van der Waals surface area contributed by atoms with Crippen molar-refractivity contribution in [1.29, 1.82) is 0 Å². The summed E-state index contributed by atoms with van der Waals surface area (Å²) in [4.78, 5) is 33.5. The fourth-order valence-electron chi connectivity index (χ4n) is 4.21. The molecule has 3 aromatic rings. The van der Waals surface area contributed by atoms with Crippen molar-refractivity contribution >= 4 is 39.1 Å². The summed E-state index contributed by atoms with van der Waals surface area (Å²) in [5.41, 5.74) is 1.81. The van der Waals surface area contributed by atoms with E-state index in [-0.39, 0.29) is 18.4 Å². The number of hydrogen-bond acceptors (Lipinski definition) is 5. The van der Waals surface area contributed by atoms with Crippen molar-refractivity contribution in [2.75, 3.05) is 31.1 Å². The smallest absolute Gasteiger partial charge is 0.265 e. The van der Waals surface area contributed by atoms with Gasteiger partial charge in [0.05, 0.1) is 20.9 Å². The number of fused-ring (bicyclic) bond motifs is 2. The number of aromatic nitrogens is 1.